The molecule has 152 valence electrons. The van der Waals surface area contributed by atoms with Crippen molar-refractivity contribution >= 4 is 21.7 Å². The summed E-state index contributed by atoms with van der Waals surface area (Å²) in [6.45, 7) is 0.613. The maximum absolute atomic E-state index is 13.2. The molecule has 0 saturated heterocycles. The van der Waals surface area contributed by atoms with Crippen molar-refractivity contribution in [2.24, 2.45) is 0 Å². The van der Waals surface area contributed by atoms with Gasteiger partial charge in [-0.05, 0) is 41.8 Å². The molecule has 0 spiro atoms. The van der Waals surface area contributed by atoms with Crippen LogP contribution >= 0.6 is 11.3 Å². The number of hydrogen-bond acceptors (Lipinski definition) is 7. The number of hydrogen-bond donors (Lipinski definition) is 0. The van der Waals surface area contributed by atoms with Gasteiger partial charge in [-0.3, -0.25) is 0 Å². The number of methoxy groups -OCH3 is 1. The van der Waals surface area contributed by atoms with E-state index in [-0.39, 0.29) is 30.5 Å². The third-order valence-corrected chi connectivity index (χ3v) is 7.13. The summed E-state index contributed by atoms with van der Waals surface area (Å²) in [5.41, 5.74) is 0. The Morgan fingerprint density at radius 2 is 2.03 bits per heavy atom. The van der Waals surface area contributed by atoms with Gasteiger partial charge in [0.05, 0.1) is 20.2 Å². The molecule has 7 nitrogen and oxygen atoms in total. The van der Waals surface area contributed by atoms with Crippen LogP contribution in [0.4, 0.5) is 0 Å². The summed E-state index contributed by atoms with van der Waals surface area (Å²) >= 11 is 1.51. The average Bonchev–Trinajstić information content (AvgIpc) is 3.22. The summed E-state index contributed by atoms with van der Waals surface area (Å²) < 4.78 is 44.7. The van der Waals surface area contributed by atoms with Crippen LogP contribution in [-0.2, 0) is 21.2 Å². The standard InChI is InChI=1S/C20H20N2O5S2/c1-25-15-6-8-16(9-7-15)26-14-17-12-22(13-18-4-3-11-28-18)29(23,24)19-5-2-10-21-20(19)27-17/h2-11,17H,12-14H2,1H3. The predicted molar refractivity (Wildman–Crippen MR) is 109 cm³/mol. The van der Waals surface area contributed by atoms with E-state index in [9.17, 15) is 8.76 Å². The summed E-state index contributed by atoms with van der Waals surface area (Å²) in [6.07, 6.45) is 1.01. The highest BCUT2D eigenvalue weighted by Crippen LogP contribution is 2.34. The Kier molecular flexibility index (Phi) is 5.81. The van der Waals surface area contributed by atoms with Gasteiger partial charge in [0.1, 0.15) is 18.1 Å². The molecule has 0 saturated carbocycles. The number of nitrogens with zero attached hydrogens (tertiary/aromatic N) is 2. The van der Waals surface area contributed by atoms with Crippen molar-refractivity contribution in [3.8, 4) is 17.4 Å². The van der Waals surface area contributed by atoms with Crippen LogP contribution in [0.3, 0.4) is 0 Å². The Morgan fingerprint density at radius 3 is 2.76 bits per heavy atom. The van der Waals surface area contributed by atoms with Gasteiger partial charge in [0.2, 0.25) is 4.90 Å². The van der Waals surface area contributed by atoms with Crippen LogP contribution in [0.5, 0.6) is 17.4 Å². The fourth-order valence-electron chi connectivity index (χ4n) is 2.99. The quantitative estimate of drug-likeness (QED) is 0.555. The summed E-state index contributed by atoms with van der Waals surface area (Å²) in [5.74, 6) is 1.48. The molecule has 3 heterocycles. The van der Waals surface area contributed by atoms with E-state index in [0.29, 0.717) is 5.75 Å². The van der Waals surface area contributed by atoms with Crippen molar-refractivity contribution in [1.82, 2.24) is 9.29 Å². The first-order chi connectivity index (χ1) is 14.1. The van der Waals surface area contributed by atoms with Gasteiger partial charge < -0.3 is 18.8 Å². The van der Waals surface area contributed by atoms with Crippen LogP contribution in [0.15, 0.2) is 65.0 Å². The van der Waals surface area contributed by atoms with E-state index >= 15 is 0 Å². The van der Waals surface area contributed by atoms with E-state index in [0.717, 1.165) is 10.6 Å². The molecule has 0 bridgehead atoms. The molecule has 0 amide bonds. The molecule has 2 unspecified atom stereocenters. The molecule has 9 heteroatoms. The van der Waals surface area contributed by atoms with Gasteiger partial charge >= 0.3 is 0 Å². The van der Waals surface area contributed by atoms with Crippen LogP contribution in [0.2, 0.25) is 0 Å². The van der Waals surface area contributed by atoms with Gasteiger partial charge in [-0.25, -0.2) is 4.98 Å². The average molecular weight is 433 g/mol. The summed E-state index contributed by atoms with van der Waals surface area (Å²) in [4.78, 5) is 5.16. The van der Waals surface area contributed by atoms with Gasteiger partial charge in [-0.1, -0.05) is 10.3 Å². The van der Waals surface area contributed by atoms with Crippen molar-refractivity contribution in [3.05, 3.63) is 65.0 Å². The number of ether oxygens (including phenoxy) is 3. The summed E-state index contributed by atoms with van der Waals surface area (Å²) in [7, 11) is -2.14. The van der Waals surface area contributed by atoms with Crippen molar-refractivity contribution in [1.29, 1.82) is 0 Å². The normalized spacial score (nSPS) is 21.7. The van der Waals surface area contributed by atoms with Gasteiger partial charge in [0.25, 0.3) is 5.88 Å². The van der Waals surface area contributed by atoms with E-state index in [2.05, 4.69) is 4.98 Å². The molecule has 0 N–H and O–H groups in total. The molecule has 0 radical (unpaired) electrons. The summed E-state index contributed by atoms with van der Waals surface area (Å²) in [6, 6.07) is 14.1. The number of fused-ring (bicyclic) bond motifs is 1. The maximum Gasteiger partial charge on any atom is 0.272 e. The highest BCUT2D eigenvalue weighted by molar-refractivity contribution is 7.95. The topological polar surface area (TPSA) is 84.0 Å². The van der Waals surface area contributed by atoms with E-state index in [1.807, 2.05) is 17.5 Å². The van der Waals surface area contributed by atoms with Crippen LogP contribution in [0, 0.1) is 0 Å². The first kappa shape index (κ1) is 19.8. The van der Waals surface area contributed by atoms with Gasteiger partial charge in [0.15, 0.2) is 16.5 Å². The number of benzene rings is 1. The second-order valence-electron chi connectivity index (χ2n) is 6.41. The fraction of sp³-hybridized carbons (Fsp3) is 0.250. The minimum atomic E-state index is -3.74. The number of thiophene rings is 1. The molecule has 1 aliphatic heterocycles. The molecule has 3 aromatic rings. The Hall–Kier alpha value is -2.46. The Bertz CT molecular complexity index is 994. The molecular weight excluding hydrogens is 412 g/mol. The largest absolute Gasteiger partial charge is 0.593 e. The number of sulfonamides is 1. The Morgan fingerprint density at radius 1 is 1.24 bits per heavy atom. The third-order valence-electron chi connectivity index (χ3n) is 4.45. The molecule has 2 atom stereocenters. The molecule has 4 rings (SSSR count). The Labute approximate surface area is 174 Å². The van der Waals surface area contributed by atoms with Gasteiger partial charge in [-0.2, -0.15) is 0 Å². The second-order valence-corrected chi connectivity index (χ2v) is 9.35. The molecule has 1 aromatic carbocycles. The monoisotopic (exact) mass is 432 g/mol. The summed E-state index contributed by atoms with van der Waals surface area (Å²) in [5, 5.41) is 1.93. The lowest BCUT2D eigenvalue weighted by Gasteiger charge is -2.25. The van der Waals surface area contributed by atoms with Crippen molar-refractivity contribution in [2.75, 3.05) is 20.3 Å². The highest BCUT2D eigenvalue weighted by Gasteiger charge is 2.40. The predicted octanol–water partition coefficient (Wildman–Crippen LogP) is 3.40. The van der Waals surface area contributed by atoms with E-state index in [4.69, 9.17) is 14.2 Å². The van der Waals surface area contributed by atoms with Crippen LogP contribution in [0.25, 0.3) is 0 Å². The van der Waals surface area contributed by atoms with Crippen molar-refractivity contribution < 1.29 is 23.0 Å². The van der Waals surface area contributed by atoms with Crippen molar-refractivity contribution in [2.45, 2.75) is 17.5 Å². The van der Waals surface area contributed by atoms with Crippen LogP contribution in [0.1, 0.15) is 4.88 Å². The maximum atomic E-state index is 13.2. The SMILES string of the molecule is COc1ccc(OCC2CN(Cc3cccs3)[S+](=O)([O-])c3cccnc3O2)cc1. The minimum Gasteiger partial charge on any atom is -0.593 e. The van der Waals surface area contributed by atoms with E-state index in [1.165, 1.54) is 27.9 Å². The Balaban J connectivity index is 1.56. The zero-order valence-electron chi connectivity index (χ0n) is 15.7. The molecule has 1 aliphatic rings. The van der Waals surface area contributed by atoms with Gasteiger partial charge in [-0.15, -0.1) is 15.6 Å². The number of pyridine rings is 1. The first-order valence-electron chi connectivity index (χ1n) is 8.97. The highest BCUT2D eigenvalue weighted by atomic mass is 32.3. The number of rotatable bonds is 6. The molecule has 0 aliphatic carbocycles. The zero-order valence-corrected chi connectivity index (χ0v) is 17.4. The smallest absolute Gasteiger partial charge is 0.272 e. The number of aromatic nitrogens is 1. The molecular formula is C20H20N2O5S2. The minimum absolute atomic E-state index is 0.0727. The zero-order chi connectivity index (χ0) is 20.3. The van der Waals surface area contributed by atoms with E-state index in [1.54, 1.807) is 37.4 Å². The fourth-order valence-corrected chi connectivity index (χ4v) is 5.32. The van der Waals surface area contributed by atoms with Gasteiger partial charge in [0, 0.05) is 17.1 Å². The lowest BCUT2D eigenvalue weighted by molar-refractivity contribution is 0.105. The van der Waals surface area contributed by atoms with Crippen LogP contribution < -0.4 is 14.2 Å². The van der Waals surface area contributed by atoms with E-state index < -0.39 is 16.5 Å². The lowest BCUT2D eigenvalue weighted by Crippen LogP contribution is -2.41. The second kappa shape index (κ2) is 8.50. The van der Waals surface area contributed by atoms with Crippen LogP contribution in [-0.4, -0.2) is 40.2 Å². The molecule has 29 heavy (non-hydrogen) atoms. The first-order valence-corrected chi connectivity index (χ1v) is 11.3. The third kappa shape index (κ3) is 4.43. The molecule has 2 aromatic heterocycles. The molecule has 0 fully saturated rings. The lowest BCUT2D eigenvalue weighted by atomic mass is 10.3. The van der Waals surface area contributed by atoms with Crippen molar-refractivity contribution in [3.63, 3.8) is 0 Å².